The van der Waals surface area contributed by atoms with Gasteiger partial charge in [0.2, 0.25) is 5.91 Å². The van der Waals surface area contributed by atoms with E-state index >= 15 is 0 Å². The van der Waals surface area contributed by atoms with E-state index in [-0.39, 0.29) is 16.7 Å². The Morgan fingerprint density at radius 3 is 2.64 bits per heavy atom. The maximum atomic E-state index is 13.0. The highest BCUT2D eigenvalue weighted by molar-refractivity contribution is 8.00. The zero-order chi connectivity index (χ0) is 20.4. The normalized spacial score (nSPS) is 21.1. The molecule has 1 aromatic heterocycles. The van der Waals surface area contributed by atoms with Gasteiger partial charge in [-0.25, -0.2) is 4.98 Å². The zero-order valence-electron chi connectivity index (χ0n) is 16.9. The summed E-state index contributed by atoms with van der Waals surface area (Å²) < 4.78 is 1.69. The van der Waals surface area contributed by atoms with Gasteiger partial charge in [0.15, 0.2) is 5.16 Å². The Morgan fingerprint density at radius 1 is 1.32 bits per heavy atom. The monoisotopic (exact) mass is 421 g/mol. The summed E-state index contributed by atoms with van der Waals surface area (Å²) in [6, 6.07) is 5.14. The molecule has 2 heterocycles. The largest absolute Gasteiger partial charge is 0.341 e. The van der Waals surface area contributed by atoms with Crippen LogP contribution in [0.2, 0.25) is 5.02 Å². The molecule has 0 saturated carbocycles. The lowest BCUT2D eigenvalue weighted by atomic mass is 9.92. The number of hydrogen-bond acceptors (Lipinski definition) is 4. The molecule has 0 bridgehead atoms. The van der Waals surface area contributed by atoms with Crippen molar-refractivity contribution < 1.29 is 4.79 Å². The van der Waals surface area contributed by atoms with E-state index in [4.69, 9.17) is 11.6 Å². The van der Waals surface area contributed by atoms with E-state index in [1.807, 2.05) is 18.7 Å². The summed E-state index contributed by atoms with van der Waals surface area (Å²) in [7, 11) is 0. The second-order valence-electron chi connectivity index (χ2n) is 7.96. The lowest BCUT2D eigenvalue weighted by molar-refractivity contribution is -0.132. The van der Waals surface area contributed by atoms with Gasteiger partial charge in [0, 0.05) is 24.7 Å². The molecular formula is C21H28ClN3O2S. The molecule has 7 heteroatoms. The fraction of sp³-hybridized carbons (Fsp3) is 0.571. The topological polar surface area (TPSA) is 55.2 Å². The Hall–Kier alpha value is -1.53. The number of hydrogen-bond donors (Lipinski definition) is 0. The van der Waals surface area contributed by atoms with Gasteiger partial charge < -0.3 is 4.90 Å². The van der Waals surface area contributed by atoms with Crippen molar-refractivity contribution in [3.05, 3.63) is 33.6 Å². The number of likely N-dealkylation sites (tertiary alicyclic amines) is 1. The van der Waals surface area contributed by atoms with E-state index < -0.39 is 0 Å². The molecule has 2 aromatic rings. The molecule has 3 atom stereocenters. The van der Waals surface area contributed by atoms with Crippen LogP contribution >= 0.6 is 23.4 Å². The third kappa shape index (κ3) is 4.54. The van der Waals surface area contributed by atoms with Crippen LogP contribution in [0.4, 0.5) is 0 Å². The van der Waals surface area contributed by atoms with Crippen LogP contribution in [-0.4, -0.2) is 38.7 Å². The maximum absolute atomic E-state index is 13.0. The minimum Gasteiger partial charge on any atom is -0.341 e. The highest BCUT2D eigenvalue weighted by Crippen LogP contribution is 2.28. The average molecular weight is 422 g/mol. The number of carbonyl (C=O) groups excluding carboxylic acids is 1. The predicted molar refractivity (Wildman–Crippen MR) is 116 cm³/mol. The minimum atomic E-state index is -0.302. The number of thioether (sulfide) groups is 1. The van der Waals surface area contributed by atoms with E-state index in [9.17, 15) is 9.59 Å². The number of carbonyl (C=O) groups is 1. The van der Waals surface area contributed by atoms with Crippen LogP contribution in [0.3, 0.4) is 0 Å². The number of piperidine rings is 1. The van der Waals surface area contributed by atoms with Crippen LogP contribution in [0.1, 0.15) is 40.5 Å². The number of halogens is 1. The van der Waals surface area contributed by atoms with Crippen molar-refractivity contribution in [1.29, 1.82) is 0 Å². The second-order valence-corrected chi connectivity index (χ2v) is 9.71. The first-order valence-corrected chi connectivity index (χ1v) is 11.2. The molecule has 0 spiro atoms. The molecule has 0 aliphatic carbocycles. The van der Waals surface area contributed by atoms with Crippen LogP contribution in [0.15, 0.2) is 28.2 Å². The van der Waals surface area contributed by atoms with Crippen molar-refractivity contribution in [2.24, 2.45) is 11.8 Å². The summed E-state index contributed by atoms with van der Waals surface area (Å²) >= 11 is 7.46. The van der Waals surface area contributed by atoms with E-state index in [0.29, 0.717) is 39.5 Å². The first-order valence-electron chi connectivity index (χ1n) is 9.95. The molecule has 1 aliphatic heterocycles. The van der Waals surface area contributed by atoms with Gasteiger partial charge >= 0.3 is 0 Å². The van der Waals surface area contributed by atoms with Crippen LogP contribution in [0.5, 0.6) is 0 Å². The maximum Gasteiger partial charge on any atom is 0.262 e. The molecule has 28 heavy (non-hydrogen) atoms. The van der Waals surface area contributed by atoms with Gasteiger partial charge in [0.1, 0.15) is 0 Å². The molecule has 5 nitrogen and oxygen atoms in total. The van der Waals surface area contributed by atoms with Crippen molar-refractivity contribution in [2.45, 2.75) is 57.5 Å². The molecule has 0 unspecified atom stereocenters. The summed E-state index contributed by atoms with van der Waals surface area (Å²) in [5, 5.41) is 1.38. The molecule has 1 saturated heterocycles. The van der Waals surface area contributed by atoms with E-state index in [2.05, 4.69) is 18.8 Å². The van der Waals surface area contributed by atoms with Gasteiger partial charge in [0.05, 0.1) is 16.2 Å². The van der Waals surface area contributed by atoms with Crippen molar-refractivity contribution in [2.75, 3.05) is 13.1 Å². The van der Waals surface area contributed by atoms with Crippen LogP contribution < -0.4 is 5.56 Å². The van der Waals surface area contributed by atoms with Crippen LogP contribution in [0.25, 0.3) is 10.9 Å². The number of nitrogens with zero attached hydrogens (tertiary/aromatic N) is 3. The Balaban J connectivity index is 1.90. The Morgan fingerprint density at radius 2 is 2.00 bits per heavy atom. The van der Waals surface area contributed by atoms with Gasteiger partial charge in [-0.05, 0) is 49.8 Å². The second kappa shape index (κ2) is 8.87. The molecule has 1 amide bonds. The summed E-state index contributed by atoms with van der Waals surface area (Å²) in [6.07, 6.45) is 1.98. The summed E-state index contributed by atoms with van der Waals surface area (Å²) in [5.41, 5.74) is 0.498. The van der Waals surface area contributed by atoms with Gasteiger partial charge in [-0.15, -0.1) is 0 Å². The molecular weight excluding hydrogens is 394 g/mol. The third-order valence-corrected chi connectivity index (χ3v) is 6.45. The molecule has 0 N–H and O–H groups in total. The first-order chi connectivity index (χ1) is 13.3. The van der Waals surface area contributed by atoms with Crippen LogP contribution in [0, 0.1) is 11.8 Å². The molecule has 0 radical (unpaired) electrons. The van der Waals surface area contributed by atoms with Gasteiger partial charge in [-0.3, -0.25) is 14.2 Å². The summed E-state index contributed by atoms with van der Waals surface area (Å²) in [6.45, 7) is 10.5. The lowest BCUT2D eigenvalue weighted by Crippen LogP contribution is -2.45. The first kappa shape index (κ1) is 21.2. The number of fused-ring (bicyclic) bond motifs is 1. The minimum absolute atomic E-state index is 0.0779. The Kier molecular flexibility index (Phi) is 6.71. The van der Waals surface area contributed by atoms with Crippen LogP contribution in [-0.2, 0) is 11.3 Å². The third-order valence-electron chi connectivity index (χ3n) is 5.14. The Bertz CT molecular complexity index is 920. The quantitative estimate of drug-likeness (QED) is 0.528. The fourth-order valence-electron chi connectivity index (χ4n) is 3.99. The van der Waals surface area contributed by atoms with Crippen molar-refractivity contribution in [3.63, 3.8) is 0 Å². The van der Waals surface area contributed by atoms with Gasteiger partial charge in [-0.1, -0.05) is 44.1 Å². The molecule has 1 aromatic carbocycles. The molecule has 1 fully saturated rings. The number of benzene rings is 1. The lowest BCUT2D eigenvalue weighted by Gasteiger charge is -2.36. The van der Waals surface area contributed by atoms with E-state index in [0.717, 1.165) is 25.9 Å². The summed E-state index contributed by atoms with van der Waals surface area (Å²) in [5.74, 6) is 1.15. The SMILES string of the molecule is CCCn1c(S[C@H](C)C(=O)N2C[C@H](C)C[C@@H](C)C2)nc2cc(Cl)ccc2c1=O. The predicted octanol–water partition coefficient (Wildman–Crippen LogP) is 4.45. The smallest absolute Gasteiger partial charge is 0.262 e. The average Bonchev–Trinajstić information content (AvgIpc) is 2.63. The van der Waals surface area contributed by atoms with Crippen molar-refractivity contribution >= 4 is 40.2 Å². The number of aromatic nitrogens is 2. The number of amides is 1. The standard InChI is InChI=1S/C21H28ClN3O2S/c1-5-8-25-20(27)17-7-6-16(22)10-18(17)23-21(25)28-15(4)19(26)24-11-13(2)9-14(3)12-24/h6-7,10,13-15H,5,8-9,11-12H2,1-4H3/t13-,14-,15-/m1/s1. The zero-order valence-corrected chi connectivity index (χ0v) is 18.5. The van der Waals surface area contributed by atoms with Gasteiger partial charge in [0.25, 0.3) is 5.56 Å². The molecule has 3 rings (SSSR count). The highest BCUT2D eigenvalue weighted by Gasteiger charge is 2.29. The number of rotatable bonds is 5. The van der Waals surface area contributed by atoms with Gasteiger partial charge in [-0.2, -0.15) is 0 Å². The van der Waals surface area contributed by atoms with Crippen molar-refractivity contribution in [3.8, 4) is 0 Å². The fourth-order valence-corrected chi connectivity index (χ4v) is 5.18. The molecule has 1 aliphatic rings. The Labute approximate surface area is 175 Å². The van der Waals surface area contributed by atoms with E-state index in [1.165, 1.54) is 11.8 Å². The van der Waals surface area contributed by atoms with Crippen molar-refractivity contribution in [1.82, 2.24) is 14.5 Å². The van der Waals surface area contributed by atoms with E-state index in [1.54, 1.807) is 22.8 Å². The molecule has 152 valence electrons. The summed E-state index contributed by atoms with van der Waals surface area (Å²) in [4.78, 5) is 32.6. The highest BCUT2D eigenvalue weighted by atomic mass is 35.5.